The van der Waals surface area contributed by atoms with Gasteiger partial charge in [-0.1, -0.05) is 30.3 Å². The first-order valence-electron chi connectivity index (χ1n) is 10.1. The molecule has 1 aromatic carbocycles. The summed E-state index contributed by atoms with van der Waals surface area (Å²) in [4.78, 5) is 28.6. The molecular formula is C22H31N4O4+. The average molecular weight is 416 g/mol. The van der Waals surface area contributed by atoms with E-state index in [-0.39, 0.29) is 0 Å². The molecule has 1 aliphatic heterocycles. The van der Waals surface area contributed by atoms with Crippen LogP contribution in [0.15, 0.2) is 36.4 Å². The van der Waals surface area contributed by atoms with E-state index in [0.29, 0.717) is 19.6 Å². The van der Waals surface area contributed by atoms with E-state index >= 15 is 0 Å². The van der Waals surface area contributed by atoms with Gasteiger partial charge in [-0.2, -0.15) is 0 Å². The molecule has 0 spiro atoms. The monoisotopic (exact) mass is 415 g/mol. The Balaban J connectivity index is 1.76. The second-order valence-corrected chi connectivity index (χ2v) is 8.51. The fourth-order valence-corrected chi connectivity index (χ4v) is 3.51. The molecule has 0 saturated carbocycles. The number of carbonyl (C=O) groups excluding carboxylic acids is 2. The minimum atomic E-state index is -0.732. The summed E-state index contributed by atoms with van der Waals surface area (Å²) in [7, 11) is 1.33. The summed E-state index contributed by atoms with van der Waals surface area (Å²) < 4.78 is 12.5. The topological polar surface area (TPSA) is 78.8 Å². The normalized spacial score (nSPS) is 17.0. The maximum absolute atomic E-state index is 12.6. The molecule has 1 aromatic heterocycles. The second-order valence-electron chi connectivity index (χ2n) is 8.51. The number of H-pyrrole nitrogens is 1. The zero-order valence-corrected chi connectivity index (χ0v) is 18.3. The van der Waals surface area contributed by atoms with Crippen LogP contribution in [0.2, 0.25) is 0 Å². The largest absolute Gasteiger partial charge is 0.467 e. The van der Waals surface area contributed by atoms with E-state index < -0.39 is 23.7 Å². The number of carbonyl (C=O) groups is 2. The predicted molar refractivity (Wildman–Crippen MR) is 112 cm³/mol. The summed E-state index contributed by atoms with van der Waals surface area (Å²) in [6.45, 7) is 9.47. The second kappa shape index (κ2) is 8.77. The van der Waals surface area contributed by atoms with Gasteiger partial charge < -0.3 is 14.4 Å². The lowest BCUT2D eigenvalue weighted by Gasteiger charge is -2.40. The van der Waals surface area contributed by atoms with Crippen LogP contribution in [-0.4, -0.2) is 60.4 Å². The summed E-state index contributed by atoms with van der Waals surface area (Å²) in [5, 5.41) is 3.42. The smallest absolute Gasteiger partial charge is 0.411 e. The number of amides is 1. The van der Waals surface area contributed by atoms with Gasteiger partial charge in [0.25, 0.3) is 0 Å². The van der Waals surface area contributed by atoms with E-state index in [1.807, 2.05) is 45.9 Å². The molecule has 3 rings (SSSR count). The summed E-state index contributed by atoms with van der Waals surface area (Å²) in [5.74, 6) is 0.451. The van der Waals surface area contributed by atoms with Crippen molar-refractivity contribution in [3.8, 4) is 0 Å². The van der Waals surface area contributed by atoms with E-state index in [2.05, 4.69) is 32.9 Å². The van der Waals surface area contributed by atoms with Crippen LogP contribution in [-0.2, 0) is 20.8 Å². The van der Waals surface area contributed by atoms with Crippen LogP contribution >= 0.6 is 0 Å². The quantitative estimate of drug-likeness (QED) is 0.612. The van der Waals surface area contributed by atoms with Crippen molar-refractivity contribution in [3.63, 3.8) is 0 Å². The van der Waals surface area contributed by atoms with Crippen molar-refractivity contribution in [1.29, 1.82) is 0 Å². The van der Waals surface area contributed by atoms with Crippen LogP contribution < -0.4 is 9.58 Å². The van der Waals surface area contributed by atoms with Gasteiger partial charge in [0.2, 0.25) is 5.69 Å². The average Bonchev–Trinajstić information content (AvgIpc) is 3.06. The molecule has 8 nitrogen and oxygen atoms in total. The zero-order valence-electron chi connectivity index (χ0n) is 18.3. The van der Waals surface area contributed by atoms with Crippen molar-refractivity contribution in [2.75, 3.05) is 31.6 Å². The Bertz CT molecular complexity index is 888. The highest BCUT2D eigenvalue weighted by Gasteiger charge is 2.39. The van der Waals surface area contributed by atoms with Gasteiger partial charge in [-0.05, 0) is 20.8 Å². The maximum atomic E-state index is 12.6. The number of anilines is 1. The van der Waals surface area contributed by atoms with Crippen LogP contribution in [0, 0.1) is 6.92 Å². The van der Waals surface area contributed by atoms with Gasteiger partial charge in [-0.3, -0.25) is 4.90 Å². The molecule has 2 heterocycles. The first kappa shape index (κ1) is 21.7. The number of aromatic amines is 1. The van der Waals surface area contributed by atoms with Crippen molar-refractivity contribution in [2.24, 2.45) is 0 Å². The van der Waals surface area contributed by atoms with Gasteiger partial charge in [-0.15, -0.1) is 9.78 Å². The van der Waals surface area contributed by atoms with Crippen LogP contribution in [0.5, 0.6) is 0 Å². The van der Waals surface area contributed by atoms with Gasteiger partial charge in [0.05, 0.1) is 19.7 Å². The number of benzene rings is 1. The standard InChI is InChI=1S/C22H30N4O4/c1-16-13-19(23-26(16)14-17-9-7-6-8-10-17)24-11-12-25(18(15-24)20(27)29-5)21(28)30-22(2,3)4/h6-10,13,18H,11-12,14-15H2,1-5H3/p+1/t18-/m0/s1. The number of aromatic nitrogens is 2. The van der Waals surface area contributed by atoms with E-state index in [9.17, 15) is 9.59 Å². The molecule has 8 heteroatoms. The van der Waals surface area contributed by atoms with Crippen molar-refractivity contribution < 1.29 is 23.7 Å². The number of methoxy groups -OCH3 is 1. The molecule has 30 heavy (non-hydrogen) atoms. The molecule has 162 valence electrons. The molecule has 1 aliphatic rings. The molecule has 1 amide bonds. The Hall–Kier alpha value is -3.03. The maximum Gasteiger partial charge on any atom is 0.411 e. The number of nitrogens with one attached hydrogen (secondary N) is 1. The molecule has 1 N–H and O–H groups in total. The van der Waals surface area contributed by atoms with Gasteiger partial charge in [0.15, 0.2) is 18.4 Å². The Kier molecular flexibility index (Phi) is 6.34. The number of ether oxygens (including phenoxy) is 2. The third-order valence-corrected chi connectivity index (χ3v) is 5.03. The van der Waals surface area contributed by atoms with Crippen LogP contribution in [0.3, 0.4) is 0 Å². The van der Waals surface area contributed by atoms with E-state index in [1.54, 1.807) is 0 Å². The van der Waals surface area contributed by atoms with Crippen molar-refractivity contribution in [3.05, 3.63) is 47.7 Å². The molecule has 0 bridgehead atoms. The van der Waals surface area contributed by atoms with Crippen molar-refractivity contribution in [1.82, 2.24) is 10.00 Å². The Morgan fingerprint density at radius 3 is 2.53 bits per heavy atom. The van der Waals surface area contributed by atoms with E-state index in [4.69, 9.17) is 9.47 Å². The Labute approximate surface area is 177 Å². The van der Waals surface area contributed by atoms with Crippen molar-refractivity contribution >= 4 is 17.9 Å². The summed E-state index contributed by atoms with van der Waals surface area (Å²) in [5.41, 5.74) is 1.65. The van der Waals surface area contributed by atoms with Crippen LogP contribution in [0.4, 0.5) is 10.6 Å². The summed E-state index contributed by atoms with van der Waals surface area (Å²) >= 11 is 0. The number of esters is 1. The van der Waals surface area contributed by atoms with Gasteiger partial charge in [0, 0.05) is 25.6 Å². The number of rotatable bonds is 4. The molecule has 1 atom stereocenters. The third-order valence-electron chi connectivity index (χ3n) is 5.03. The fourth-order valence-electron chi connectivity index (χ4n) is 3.51. The van der Waals surface area contributed by atoms with Crippen LogP contribution in [0.1, 0.15) is 32.0 Å². The SMILES string of the molecule is COC(=O)[C@@H]1CN(c2cc(C)[n+](Cc3ccccc3)[nH]2)CCN1C(=O)OC(C)(C)C. The minimum Gasteiger partial charge on any atom is -0.467 e. The van der Waals surface area contributed by atoms with E-state index in [0.717, 1.165) is 18.1 Å². The van der Waals surface area contributed by atoms with Gasteiger partial charge in [0.1, 0.15) is 5.60 Å². The molecule has 0 unspecified atom stereocenters. The highest BCUT2D eigenvalue weighted by Crippen LogP contribution is 2.21. The lowest BCUT2D eigenvalue weighted by Crippen LogP contribution is -2.59. The van der Waals surface area contributed by atoms with Gasteiger partial charge >= 0.3 is 12.1 Å². The zero-order chi connectivity index (χ0) is 21.9. The fraction of sp³-hybridized carbons (Fsp3) is 0.500. The summed E-state index contributed by atoms with van der Waals surface area (Å²) in [6.07, 6.45) is -0.501. The number of hydrogen-bond donors (Lipinski definition) is 1. The molecule has 0 radical (unpaired) electrons. The Morgan fingerprint density at radius 1 is 1.20 bits per heavy atom. The molecule has 1 saturated heterocycles. The first-order valence-corrected chi connectivity index (χ1v) is 10.1. The number of hydrogen-bond acceptors (Lipinski definition) is 5. The van der Waals surface area contributed by atoms with Crippen molar-refractivity contribution in [2.45, 2.75) is 45.9 Å². The number of piperazine rings is 1. The summed E-state index contributed by atoms with van der Waals surface area (Å²) in [6, 6.07) is 11.5. The van der Waals surface area contributed by atoms with Gasteiger partial charge in [-0.25, -0.2) is 9.59 Å². The first-order chi connectivity index (χ1) is 14.2. The lowest BCUT2D eigenvalue weighted by molar-refractivity contribution is -0.746. The predicted octanol–water partition coefficient (Wildman–Crippen LogP) is 2.26. The number of aryl methyl sites for hydroxylation is 1. The van der Waals surface area contributed by atoms with Crippen LogP contribution in [0.25, 0.3) is 0 Å². The third kappa shape index (κ3) is 5.11. The molecular weight excluding hydrogens is 384 g/mol. The minimum absolute atomic E-state index is 0.331. The Morgan fingerprint density at radius 2 is 1.90 bits per heavy atom. The highest BCUT2D eigenvalue weighted by atomic mass is 16.6. The highest BCUT2D eigenvalue weighted by molar-refractivity contribution is 5.82. The van der Waals surface area contributed by atoms with E-state index in [1.165, 1.54) is 17.6 Å². The molecule has 1 fully saturated rings. The molecule has 2 aromatic rings. The lowest BCUT2D eigenvalue weighted by atomic mass is 10.1. The molecule has 0 aliphatic carbocycles. The number of nitrogens with zero attached hydrogens (tertiary/aromatic N) is 3.